The Labute approximate surface area is 103 Å². The van der Waals surface area contributed by atoms with Crippen LogP contribution >= 0.6 is 0 Å². The number of hydrogen-bond acceptors (Lipinski definition) is 1. The smallest absolute Gasteiger partial charge is 0.0125 e. The van der Waals surface area contributed by atoms with E-state index in [1.165, 1.54) is 32.4 Å². The number of nitrogens with zero attached hydrogens (tertiary/aromatic N) is 1. The van der Waals surface area contributed by atoms with Crippen molar-refractivity contribution in [1.29, 1.82) is 0 Å². The van der Waals surface area contributed by atoms with E-state index in [-0.39, 0.29) is 0 Å². The molecular formula is C15H31N. The van der Waals surface area contributed by atoms with Crippen LogP contribution in [-0.4, -0.2) is 23.5 Å². The first kappa shape index (κ1) is 14.0. The van der Waals surface area contributed by atoms with Crippen molar-refractivity contribution in [1.82, 2.24) is 4.90 Å². The van der Waals surface area contributed by atoms with Gasteiger partial charge in [-0.15, -0.1) is 0 Å². The zero-order valence-corrected chi connectivity index (χ0v) is 12.2. The van der Waals surface area contributed by atoms with Crippen LogP contribution in [0.2, 0.25) is 0 Å². The zero-order valence-electron chi connectivity index (χ0n) is 12.2. The molecule has 1 fully saturated rings. The van der Waals surface area contributed by atoms with E-state index in [9.17, 15) is 0 Å². The zero-order chi connectivity index (χ0) is 12.3. The molecule has 16 heavy (non-hydrogen) atoms. The standard InChI is InChI=1S/C15H31N/c1-7-14(12(2)3)13-8-10-16(11-9-13)15(4,5)6/h12-14H,7-11H2,1-6H3. The minimum atomic E-state index is 0.366. The number of hydrogen-bond donors (Lipinski definition) is 0. The van der Waals surface area contributed by atoms with Gasteiger partial charge in [0.2, 0.25) is 0 Å². The van der Waals surface area contributed by atoms with Gasteiger partial charge in [-0.2, -0.15) is 0 Å². The van der Waals surface area contributed by atoms with Gasteiger partial charge < -0.3 is 0 Å². The van der Waals surface area contributed by atoms with Gasteiger partial charge >= 0.3 is 0 Å². The highest BCUT2D eigenvalue weighted by molar-refractivity contribution is 4.84. The van der Waals surface area contributed by atoms with Gasteiger partial charge in [0.05, 0.1) is 0 Å². The van der Waals surface area contributed by atoms with E-state index in [0.717, 1.165) is 17.8 Å². The molecule has 1 aliphatic rings. The molecule has 1 nitrogen and oxygen atoms in total. The average molecular weight is 225 g/mol. The molecule has 1 unspecified atom stereocenters. The molecule has 0 aliphatic carbocycles. The molecule has 1 rings (SSSR count). The first-order valence-corrected chi connectivity index (χ1v) is 7.11. The maximum Gasteiger partial charge on any atom is 0.0125 e. The summed E-state index contributed by atoms with van der Waals surface area (Å²) in [5.74, 6) is 2.78. The molecule has 0 bridgehead atoms. The van der Waals surface area contributed by atoms with Gasteiger partial charge in [-0.1, -0.05) is 27.2 Å². The van der Waals surface area contributed by atoms with Crippen LogP contribution in [0.5, 0.6) is 0 Å². The molecule has 96 valence electrons. The van der Waals surface area contributed by atoms with Crippen molar-refractivity contribution in [2.75, 3.05) is 13.1 Å². The number of piperidine rings is 1. The predicted octanol–water partition coefficient (Wildman–Crippen LogP) is 4.18. The molecule has 1 heterocycles. The molecule has 1 aliphatic heterocycles. The Kier molecular flexibility index (Phi) is 4.85. The third kappa shape index (κ3) is 3.48. The molecule has 0 aromatic heterocycles. The van der Waals surface area contributed by atoms with Crippen molar-refractivity contribution >= 4 is 0 Å². The minimum absolute atomic E-state index is 0.366. The first-order chi connectivity index (χ1) is 7.36. The van der Waals surface area contributed by atoms with Crippen LogP contribution in [0.3, 0.4) is 0 Å². The lowest BCUT2D eigenvalue weighted by Crippen LogP contribution is -2.47. The largest absolute Gasteiger partial charge is 0.298 e. The van der Waals surface area contributed by atoms with E-state index < -0.39 is 0 Å². The second-order valence-electron chi connectivity index (χ2n) is 6.81. The Morgan fingerprint density at radius 1 is 1.12 bits per heavy atom. The summed E-state index contributed by atoms with van der Waals surface area (Å²) in [5, 5.41) is 0. The monoisotopic (exact) mass is 225 g/mol. The molecule has 0 saturated carbocycles. The molecule has 0 aromatic carbocycles. The second-order valence-corrected chi connectivity index (χ2v) is 6.81. The SMILES string of the molecule is CCC(C(C)C)C1CCN(C(C)(C)C)CC1. The van der Waals surface area contributed by atoms with Crippen LogP contribution in [-0.2, 0) is 0 Å². The van der Waals surface area contributed by atoms with Crippen LogP contribution < -0.4 is 0 Å². The van der Waals surface area contributed by atoms with Gasteiger partial charge in [-0.25, -0.2) is 0 Å². The van der Waals surface area contributed by atoms with Gasteiger partial charge in [0.1, 0.15) is 0 Å². The quantitative estimate of drug-likeness (QED) is 0.696. The molecule has 1 saturated heterocycles. The molecular weight excluding hydrogens is 194 g/mol. The summed E-state index contributed by atoms with van der Waals surface area (Å²) in [6, 6.07) is 0. The van der Waals surface area contributed by atoms with E-state index in [1.807, 2.05) is 0 Å². The summed E-state index contributed by atoms with van der Waals surface area (Å²) >= 11 is 0. The highest BCUT2D eigenvalue weighted by atomic mass is 15.2. The second kappa shape index (κ2) is 5.53. The van der Waals surface area contributed by atoms with Crippen molar-refractivity contribution < 1.29 is 0 Å². The van der Waals surface area contributed by atoms with E-state index in [2.05, 4.69) is 46.4 Å². The Bertz CT molecular complexity index is 194. The Balaban J connectivity index is 2.48. The van der Waals surface area contributed by atoms with Gasteiger partial charge in [0.15, 0.2) is 0 Å². The fraction of sp³-hybridized carbons (Fsp3) is 1.00. The fourth-order valence-electron chi connectivity index (χ4n) is 3.35. The molecule has 0 spiro atoms. The summed E-state index contributed by atoms with van der Waals surface area (Å²) in [6.45, 7) is 16.8. The molecule has 0 amide bonds. The van der Waals surface area contributed by atoms with E-state index >= 15 is 0 Å². The average Bonchev–Trinajstić information content (AvgIpc) is 2.17. The van der Waals surface area contributed by atoms with Crippen LogP contribution in [0, 0.1) is 17.8 Å². The third-order valence-corrected chi connectivity index (χ3v) is 4.42. The normalized spacial score (nSPS) is 22.7. The van der Waals surface area contributed by atoms with Crippen molar-refractivity contribution in [3.8, 4) is 0 Å². The Morgan fingerprint density at radius 2 is 1.62 bits per heavy atom. The van der Waals surface area contributed by atoms with Crippen molar-refractivity contribution in [3.05, 3.63) is 0 Å². The van der Waals surface area contributed by atoms with Crippen molar-refractivity contribution in [3.63, 3.8) is 0 Å². The van der Waals surface area contributed by atoms with Crippen LogP contribution in [0.25, 0.3) is 0 Å². The van der Waals surface area contributed by atoms with E-state index in [4.69, 9.17) is 0 Å². The molecule has 1 heteroatoms. The third-order valence-electron chi connectivity index (χ3n) is 4.42. The van der Waals surface area contributed by atoms with Crippen molar-refractivity contribution in [2.45, 2.75) is 66.3 Å². The maximum absolute atomic E-state index is 2.65. The van der Waals surface area contributed by atoms with Gasteiger partial charge in [-0.05, 0) is 64.5 Å². The van der Waals surface area contributed by atoms with Gasteiger partial charge in [0.25, 0.3) is 0 Å². The number of likely N-dealkylation sites (tertiary alicyclic amines) is 1. The first-order valence-electron chi connectivity index (χ1n) is 7.11. The van der Waals surface area contributed by atoms with Gasteiger partial charge in [0, 0.05) is 5.54 Å². The predicted molar refractivity (Wildman–Crippen MR) is 72.7 cm³/mol. The molecule has 0 N–H and O–H groups in total. The Hall–Kier alpha value is -0.0400. The summed E-state index contributed by atoms with van der Waals surface area (Å²) in [5.41, 5.74) is 0.366. The molecule has 0 radical (unpaired) electrons. The fourth-order valence-corrected chi connectivity index (χ4v) is 3.35. The lowest BCUT2D eigenvalue weighted by molar-refractivity contribution is 0.0603. The topological polar surface area (TPSA) is 3.24 Å². The minimum Gasteiger partial charge on any atom is -0.298 e. The Morgan fingerprint density at radius 3 is 1.94 bits per heavy atom. The highest BCUT2D eigenvalue weighted by Gasteiger charge is 2.31. The van der Waals surface area contributed by atoms with E-state index in [0.29, 0.717) is 5.54 Å². The summed E-state index contributed by atoms with van der Waals surface area (Å²) < 4.78 is 0. The summed E-state index contributed by atoms with van der Waals surface area (Å²) in [7, 11) is 0. The maximum atomic E-state index is 2.65. The molecule has 1 atom stereocenters. The van der Waals surface area contributed by atoms with Crippen LogP contribution in [0.1, 0.15) is 60.8 Å². The van der Waals surface area contributed by atoms with Crippen LogP contribution in [0.15, 0.2) is 0 Å². The summed E-state index contributed by atoms with van der Waals surface area (Å²) in [4.78, 5) is 2.65. The highest BCUT2D eigenvalue weighted by Crippen LogP contribution is 2.34. The lowest BCUT2D eigenvalue weighted by Gasteiger charge is -2.43. The van der Waals surface area contributed by atoms with Crippen LogP contribution in [0.4, 0.5) is 0 Å². The van der Waals surface area contributed by atoms with Crippen molar-refractivity contribution in [2.24, 2.45) is 17.8 Å². The van der Waals surface area contributed by atoms with Gasteiger partial charge in [-0.3, -0.25) is 4.90 Å². The van der Waals surface area contributed by atoms with E-state index in [1.54, 1.807) is 0 Å². The number of rotatable bonds is 3. The summed E-state index contributed by atoms with van der Waals surface area (Å²) in [6.07, 6.45) is 4.18. The molecule has 0 aromatic rings. The lowest BCUT2D eigenvalue weighted by atomic mass is 9.76.